The summed E-state index contributed by atoms with van der Waals surface area (Å²) in [7, 11) is 2.16. The Labute approximate surface area is 199 Å². The lowest BCUT2D eigenvalue weighted by Gasteiger charge is -2.33. The van der Waals surface area contributed by atoms with Crippen molar-refractivity contribution in [3.8, 4) is 0 Å². The second-order valence-electron chi connectivity index (χ2n) is 8.40. The van der Waals surface area contributed by atoms with Crippen LogP contribution < -0.4 is 15.5 Å². The molecule has 2 rings (SSSR count). The maximum Gasteiger partial charge on any atom is 0.191 e. The van der Waals surface area contributed by atoms with E-state index in [2.05, 4.69) is 65.4 Å². The molecule has 1 aliphatic rings. The van der Waals surface area contributed by atoms with Gasteiger partial charge in [0.1, 0.15) is 5.82 Å². The largest absolute Gasteiger partial charge is 0.396 e. The maximum atomic E-state index is 9.31. The minimum absolute atomic E-state index is 0. The summed E-state index contributed by atoms with van der Waals surface area (Å²) < 4.78 is 0. The van der Waals surface area contributed by atoms with E-state index in [1.807, 2.05) is 6.20 Å². The number of aliphatic hydroxyl groups is 1. The highest BCUT2D eigenvalue weighted by molar-refractivity contribution is 14.0. The molecule has 0 radical (unpaired) electrons. The molecule has 2 heterocycles. The Hall–Kier alpha value is -1.13. The van der Waals surface area contributed by atoms with Gasteiger partial charge in [-0.3, -0.25) is 0 Å². The molecule has 1 aliphatic heterocycles. The number of nitrogens with zero attached hydrogens (tertiary/aromatic N) is 4. The molecule has 0 aliphatic carbocycles. The van der Waals surface area contributed by atoms with Gasteiger partial charge in [-0.05, 0) is 50.3 Å². The van der Waals surface area contributed by atoms with Gasteiger partial charge in [-0.15, -0.1) is 24.0 Å². The van der Waals surface area contributed by atoms with Crippen LogP contribution in [0.25, 0.3) is 0 Å². The number of aliphatic imine (C=N–C) groups is 1. The Bertz CT molecular complexity index is 602. The average Bonchev–Trinajstić information content (AvgIpc) is 2.71. The van der Waals surface area contributed by atoms with Crippen LogP contribution in [0, 0.1) is 11.8 Å². The number of piperazine rings is 1. The first-order valence-corrected chi connectivity index (χ1v) is 11.0. The molecule has 0 bridgehead atoms. The summed E-state index contributed by atoms with van der Waals surface area (Å²) in [5.41, 5.74) is 1.11. The molecule has 1 aromatic heterocycles. The lowest BCUT2D eigenvalue weighted by molar-refractivity contribution is 0.243. The predicted octanol–water partition coefficient (Wildman–Crippen LogP) is 2.55. The summed E-state index contributed by atoms with van der Waals surface area (Å²) in [5, 5.41) is 16.1. The van der Waals surface area contributed by atoms with Crippen molar-refractivity contribution in [2.45, 2.75) is 40.2 Å². The van der Waals surface area contributed by atoms with Crippen LogP contribution in [0.5, 0.6) is 0 Å². The number of aliphatic hydroxyl groups excluding tert-OH is 1. The molecule has 0 amide bonds. The minimum Gasteiger partial charge on any atom is -0.396 e. The molecule has 7 nitrogen and oxygen atoms in total. The van der Waals surface area contributed by atoms with E-state index < -0.39 is 0 Å². The van der Waals surface area contributed by atoms with Gasteiger partial charge in [0.2, 0.25) is 0 Å². The van der Waals surface area contributed by atoms with Crippen LogP contribution in [0.15, 0.2) is 23.3 Å². The van der Waals surface area contributed by atoms with E-state index in [4.69, 9.17) is 4.99 Å². The van der Waals surface area contributed by atoms with Crippen LogP contribution in [-0.4, -0.2) is 73.9 Å². The molecule has 1 unspecified atom stereocenters. The molecule has 172 valence electrons. The molecule has 0 spiro atoms. The van der Waals surface area contributed by atoms with Gasteiger partial charge >= 0.3 is 0 Å². The van der Waals surface area contributed by atoms with Gasteiger partial charge in [-0.1, -0.05) is 19.9 Å². The molecule has 3 N–H and O–H groups in total. The summed E-state index contributed by atoms with van der Waals surface area (Å²) in [4.78, 5) is 14.1. The number of hydrogen-bond donors (Lipinski definition) is 3. The number of anilines is 1. The Morgan fingerprint density at radius 3 is 2.50 bits per heavy atom. The van der Waals surface area contributed by atoms with Crippen LogP contribution in [-0.2, 0) is 6.54 Å². The van der Waals surface area contributed by atoms with E-state index >= 15 is 0 Å². The predicted molar refractivity (Wildman–Crippen MR) is 137 cm³/mol. The number of nitrogens with one attached hydrogen (secondary N) is 2. The summed E-state index contributed by atoms with van der Waals surface area (Å²) in [5.74, 6) is 2.95. The second-order valence-corrected chi connectivity index (χ2v) is 8.40. The smallest absolute Gasteiger partial charge is 0.191 e. The fraction of sp³-hybridized carbons (Fsp3) is 0.727. The third-order valence-corrected chi connectivity index (χ3v) is 5.30. The standard InChI is InChI=1S/C22H40N6O.HI/c1-5-23-22(25-15-19(8-13-29)14-18(2)3)26-17-20-6-7-21(24-16-20)28-11-9-27(4)10-12-28;/h6-7,16,18-19,29H,5,8-15,17H2,1-4H3,(H2,23,25,26);1H. The fourth-order valence-electron chi connectivity index (χ4n) is 3.64. The van der Waals surface area contributed by atoms with Gasteiger partial charge in [0.25, 0.3) is 0 Å². The number of halogens is 1. The molecule has 0 saturated carbocycles. The SMILES string of the molecule is CCNC(=NCc1ccc(N2CCN(C)CC2)nc1)NCC(CCO)CC(C)C.I. The minimum atomic E-state index is 0. The van der Waals surface area contributed by atoms with Gasteiger partial charge in [0, 0.05) is 52.1 Å². The van der Waals surface area contributed by atoms with E-state index in [-0.39, 0.29) is 30.6 Å². The fourth-order valence-corrected chi connectivity index (χ4v) is 3.64. The van der Waals surface area contributed by atoms with E-state index in [1.54, 1.807) is 0 Å². The Kier molecular flexibility index (Phi) is 13.3. The number of pyridine rings is 1. The first-order chi connectivity index (χ1) is 14.0. The van der Waals surface area contributed by atoms with Crippen molar-refractivity contribution in [1.29, 1.82) is 0 Å². The highest BCUT2D eigenvalue weighted by Gasteiger charge is 2.15. The monoisotopic (exact) mass is 532 g/mol. The van der Waals surface area contributed by atoms with E-state index in [0.717, 1.165) is 69.5 Å². The van der Waals surface area contributed by atoms with Crippen molar-refractivity contribution in [2.75, 3.05) is 57.8 Å². The molecule has 30 heavy (non-hydrogen) atoms. The summed E-state index contributed by atoms with van der Waals surface area (Å²) in [6.45, 7) is 13.2. The van der Waals surface area contributed by atoms with E-state index in [9.17, 15) is 5.11 Å². The van der Waals surface area contributed by atoms with Gasteiger partial charge in [0.15, 0.2) is 5.96 Å². The molecule has 8 heteroatoms. The normalized spacial score (nSPS) is 16.3. The number of hydrogen-bond acceptors (Lipinski definition) is 5. The highest BCUT2D eigenvalue weighted by atomic mass is 127. The van der Waals surface area contributed by atoms with Crippen LogP contribution in [0.2, 0.25) is 0 Å². The van der Waals surface area contributed by atoms with Gasteiger partial charge < -0.3 is 25.5 Å². The molecule has 0 aromatic carbocycles. The molecule has 1 atom stereocenters. The lowest BCUT2D eigenvalue weighted by Crippen LogP contribution is -2.44. The van der Waals surface area contributed by atoms with Crippen LogP contribution in [0.4, 0.5) is 5.82 Å². The second kappa shape index (κ2) is 14.8. The molecular formula is C22H41IN6O. The van der Waals surface area contributed by atoms with Crippen molar-refractivity contribution >= 4 is 35.8 Å². The zero-order valence-electron chi connectivity index (χ0n) is 19.1. The van der Waals surface area contributed by atoms with Crippen molar-refractivity contribution in [3.63, 3.8) is 0 Å². The summed E-state index contributed by atoms with van der Waals surface area (Å²) >= 11 is 0. The Balaban J connectivity index is 0.00000450. The maximum absolute atomic E-state index is 9.31. The first-order valence-electron chi connectivity index (χ1n) is 11.0. The zero-order chi connectivity index (χ0) is 21.1. The number of likely N-dealkylation sites (N-methyl/N-ethyl adjacent to an activating group) is 1. The number of aromatic nitrogens is 1. The first kappa shape index (κ1) is 26.9. The molecule has 1 saturated heterocycles. The summed E-state index contributed by atoms with van der Waals surface area (Å²) in [6.07, 6.45) is 3.86. The van der Waals surface area contributed by atoms with Crippen molar-refractivity contribution in [1.82, 2.24) is 20.5 Å². The average molecular weight is 533 g/mol. The third kappa shape index (κ3) is 9.78. The van der Waals surface area contributed by atoms with Crippen LogP contribution in [0.1, 0.15) is 39.2 Å². The van der Waals surface area contributed by atoms with Gasteiger partial charge in [-0.25, -0.2) is 9.98 Å². The third-order valence-electron chi connectivity index (χ3n) is 5.30. The van der Waals surface area contributed by atoms with Crippen molar-refractivity contribution < 1.29 is 5.11 Å². The van der Waals surface area contributed by atoms with Gasteiger partial charge in [-0.2, -0.15) is 0 Å². The Morgan fingerprint density at radius 2 is 1.93 bits per heavy atom. The van der Waals surface area contributed by atoms with Gasteiger partial charge in [0.05, 0.1) is 6.54 Å². The Morgan fingerprint density at radius 1 is 1.20 bits per heavy atom. The van der Waals surface area contributed by atoms with Crippen LogP contribution in [0.3, 0.4) is 0 Å². The van der Waals surface area contributed by atoms with Crippen LogP contribution >= 0.6 is 24.0 Å². The zero-order valence-corrected chi connectivity index (χ0v) is 21.4. The molecule has 1 fully saturated rings. The summed E-state index contributed by atoms with van der Waals surface area (Å²) in [6, 6.07) is 4.23. The highest BCUT2D eigenvalue weighted by Crippen LogP contribution is 2.15. The topological polar surface area (TPSA) is 76.0 Å². The van der Waals surface area contributed by atoms with E-state index in [0.29, 0.717) is 18.4 Å². The number of guanidine groups is 1. The van der Waals surface area contributed by atoms with Crippen molar-refractivity contribution in [2.24, 2.45) is 16.8 Å². The molecular weight excluding hydrogens is 491 g/mol. The van der Waals surface area contributed by atoms with Crippen molar-refractivity contribution in [3.05, 3.63) is 23.9 Å². The lowest BCUT2D eigenvalue weighted by atomic mass is 9.94. The molecule has 1 aromatic rings. The van der Waals surface area contributed by atoms with E-state index in [1.165, 1.54) is 0 Å². The number of rotatable bonds is 10. The quantitative estimate of drug-likeness (QED) is 0.244.